The van der Waals surface area contributed by atoms with E-state index in [1.165, 1.54) is 12.2 Å². The molecule has 0 aliphatic heterocycles. The van der Waals surface area contributed by atoms with Gasteiger partial charge in [0.05, 0.1) is 5.57 Å². The Hall–Kier alpha value is -0.990. The van der Waals surface area contributed by atoms with E-state index in [1.54, 1.807) is 6.92 Å². The molecule has 0 N–H and O–H groups in total. The molecule has 0 nitrogen and oxygen atoms in total. The largest absolute Gasteiger partial charge is 0.416 e. The average molecular weight is 274 g/mol. The van der Waals surface area contributed by atoms with E-state index in [-0.39, 0.29) is 0 Å². The van der Waals surface area contributed by atoms with Crippen molar-refractivity contribution in [2.45, 2.75) is 59.1 Å². The standard InChI is InChI=1S/C16H25F3/c1-5-9-11-13(7-3)12-14(8-4)15(10-6-2)16(17,18)19/h6,8,10,13H,4-5,7,9,11-12H2,1-3H3. The van der Waals surface area contributed by atoms with E-state index in [9.17, 15) is 13.2 Å². The summed E-state index contributed by atoms with van der Waals surface area (Å²) in [5, 5.41) is 0. The van der Waals surface area contributed by atoms with Crippen LogP contribution in [0.2, 0.25) is 0 Å². The molecule has 0 spiro atoms. The highest BCUT2D eigenvalue weighted by Gasteiger charge is 2.33. The summed E-state index contributed by atoms with van der Waals surface area (Å²) in [6.45, 7) is 9.28. The van der Waals surface area contributed by atoms with Gasteiger partial charge in [0.25, 0.3) is 0 Å². The maximum atomic E-state index is 13.0. The molecule has 0 heterocycles. The van der Waals surface area contributed by atoms with Crippen LogP contribution < -0.4 is 0 Å². The lowest BCUT2D eigenvalue weighted by atomic mass is 9.89. The van der Waals surface area contributed by atoms with E-state index in [1.807, 2.05) is 6.92 Å². The van der Waals surface area contributed by atoms with Crippen molar-refractivity contribution >= 4 is 0 Å². The molecule has 0 radical (unpaired) electrons. The third-order valence-corrected chi connectivity index (χ3v) is 3.28. The van der Waals surface area contributed by atoms with Crippen LogP contribution in [0.3, 0.4) is 0 Å². The van der Waals surface area contributed by atoms with Gasteiger partial charge >= 0.3 is 6.18 Å². The lowest BCUT2D eigenvalue weighted by molar-refractivity contribution is -0.0890. The molecule has 0 saturated heterocycles. The van der Waals surface area contributed by atoms with Crippen molar-refractivity contribution in [1.29, 1.82) is 0 Å². The van der Waals surface area contributed by atoms with Gasteiger partial charge in [-0.1, -0.05) is 64.3 Å². The van der Waals surface area contributed by atoms with Crippen molar-refractivity contribution < 1.29 is 13.2 Å². The number of hydrogen-bond acceptors (Lipinski definition) is 0. The second-order valence-electron chi connectivity index (χ2n) is 4.76. The van der Waals surface area contributed by atoms with Gasteiger partial charge in [0.2, 0.25) is 0 Å². The number of rotatable bonds is 8. The molecule has 0 aromatic carbocycles. The predicted molar refractivity (Wildman–Crippen MR) is 76.0 cm³/mol. The van der Waals surface area contributed by atoms with E-state index >= 15 is 0 Å². The summed E-state index contributed by atoms with van der Waals surface area (Å²) in [4.78, 5) is 0. The highest BCUT2D eigenvalue weighted by molar-refractivity contribution is 5.35. The van der Waals surface area contributed by atoms with Crippen LogP contribution >= 0.6 is 0 Å². The normalized spacial score (nSPS) is 15.5. The second kappa shape index (κ2) is 9.00. The van der Waals surface area contributed by atoms with Crippen molar-refractivity contribution in [3.8, 4) is 0 Å². The number of allylic oxidation sites excluding steroid dienone is 5. The van der Waals surface area contributed by atoms with Gasteiger partial charge in [-0.15, -0.1) is 0 Å². The van der Waals surface area contributed by atoms with Gasteiger partial charge in [0, 0.05) is 0 Å². The summed E-state index contributed by atoms with van der Waals surface area (Å²) in [5.74, 6) is 0.301. The maximum absolute atomic E-state index is 13.0. The summed E-state index contributed by atoms with van der Waals surface area (Å²) in [5.41, 5.74) is -0.242. The van der Waals surface area contributed by atoms with Gasteiger partial charge in [-0.25, -0.2) is 0 Å². The lowest BCUT2D eigenvalue weighted by Gasteiger charge is -2.18. The first kappa shape index (κ1) is 18.0. The fourth-order valence-electron chi connectivity index (χ4n) is 2.11. The van der Waals surface area contributed by atoms with Crippen LogP contribution in [0.25, 0.3) is 0 Å². The minimum absolute atomic E-state index is 0.301. The van der Waals surface area contributed by atoms with Gasteiger partial charge in [0.15, 0.2) is 0 Å². The quantitative estimate of drug-likeness (QED) is 0.461. The third-order valence-electron chi connectivity index (χ3n) is 3.28. The first-order valence-corrected chi connectivity index (χ1v) is 6.96. The van der Waals surface area contributed by atoms with Crippen LogP contribution in [-0.2, 0) is 0 Å². The van der Waals surface area contributed by atoms with Crippen molar-refractivity contribution in [3.05, 3.63) is 36.0 Å². The molecule has 1 atom stereocenters. The first-order chi connectivity index (χ1) is 8.90. The fraction of sp³-hybridized carbons (Fsp3) is 0.625. The van der Waals surface area contributed by atoms with E-state index in [0.717, 1.165) is 31.8 Å². The molecule has 0 saturated carbocycles. The van der Waals surface area contributed by atoms with E-state index in [2.05, 4.69) is 13.5 Å². The van der Waals surface area contributed by atoms with E-state index < -0.39 is 11.7 Å². The third kappa shape index (κ3) is 6.65. The summed E-state index contributed by atoms with van der Waals surface area (Å²) < 4.78 is 39.0. The van der Waals surface area contributed by atoms with Crippen LogP contribution in [0.1, 0.15) is 52.9 Å². The van der Waals surface area contributed by atoms with Gasteiger partial charge in [-0.3, -0.25) is 0 Å². The van der Waals surface area contributed by atoms with Gasteiger partial charge in [0.1, 0.15) is 0 Å². The van der Waals surface area contributed by atoms with E-state index in [4.69, 9.17) is 0 Å². The van der Waals surface area contributed by atoms with Crippen LogP contribution in [0.5, 0.6) is 0 Å². The molecule has 1 unspecified atom stereocenters. The zero-order valence-electron chi connectivity index (χ0n) is 12.2. The minimum atomic E-state index is -4.31. The van der Waals surface area contributed by atoms with Gasteiger partial charge in [-0.2, -0.15) is 13.2 Å². The summed E-state index contributed by atoms with van der Waals surface area (Å²) >= 11 is 0. The summed E-state index contributed by atoms with van der Waals surface area (Å²) in [7, 11) is 0. The zero-order chi connectivity index (χ0) is 14.9. The molecule has 0 aliphatic carbocycles. The van der Waals surface area contributed by atoms with Crippen molar-refractivity contribution in [2.75, 3.05) is 0 Å². The molecule has 0 amide bonds. The molecule has 0 bridgehead atoms. The lowest BCUT2D eigenvalue weighted by Crippen LogP contribution is -2.14. The molecule has 0 aliphatic rings. The maximum Gasteiger partial charge on any atom is 0.416 e. The number of hydrogen-bond donors (Lipinski definition) is 0. The molecule has 19 heavy (non-hydrogen) atoms. The molecule has 0 aromatic heterocycles. The Morgan fingerprint density at radius 2 is 1.89 bits per heavy atom. The zero-order valence-corrected chi connectivity index (χ0v) is 12.2. The molecule has 3 heteroatoms. The smallest absolute Gasteiger partial charge is 0.166 e. The van der Waals surface area contributed by atoms with Crippen molar-refractivity contribution in [1.82, 2.24) is 0 Å². The number of alkyl halides is 3. The Labute approximate surface area is 115 Å². The average Bonchev–Trinajstić information content (AvgIpc) is 2.36. The molecular weight excluding hydrogens is 249 g/mol. The van der Waals surface area contributed by atoms with Gasteiger partial charge < -0.3 is 0 Å². The molecule has 110 valence electrons. The summed E-state index contributed by atoms with van der Waals surface area (Å²) in [6, 6.07) is 0. The topological polar surface area (TPSA) is 0 Å². The Balaban J connectivity index is 5.17. The SMILES string of the molecule is C=CC(CC(CC)CCCC)=C(C=CC)C(F)(F)F. The first-order valence-electron chi connectivity index (χ1n) is 6.96. The molecule has 0 fully saturated rings. The van der Waals surface area contributed by atoms with Crippen molar-refractivity contribution in [2.24, 2.45) is 5.92 Å². The number of halogens is 3. The predicted octanol–water partition coefficient (Wildman–Crippen LogP) is 6.21. The highest BCUT2D eigenvalue weighted by Crippen LogP contribution is 2.33. The van der Waals surface area contributed by atoms with Crippen LogP contribution in [0.4, 0.5) is 13.2 Å². The monoisotopic (exact) mass is 274 g/mol. The fourth-order valence-corrected chi connectivity index (χ4v) is 2.11. The van der Waals surface area contributed by atoms with E-state index in [0.29, 0.717) is 17.9 Å². The van der Waals surface area contributed by atoms with Crippen LogP contribution in [0, 0.1) is 5.92 Å². The Morgan fingerprint density at radius 3 is 2.26 bits per heavy atom. The Bertz CT molecular complexity index is 321. The second-order valence-corrected chi connectivity index (χ2v) is 4.76. The summed E-state index contributed by atoms with van der Waals surface area (Å²) in [6.07, 6.45) is 4.10. The molecule has 0 rings (SSSR count). The Morgan fingerprint density at radius 1 is 1.26 bits per heavy atom. The van der Waals surface area contributed by atoms with Crippen LogP contribution in [-0.4, -0.2) is 6.18 Å². The molecular formula is C16H25F3. The highest BCUT2D eigenvalue weighted by atomic mass is 19.4. The number of unbranched alkanes of at least 4 members (excludes halogenated alkanes) is 1. The Kier molecular flexibility index (Phi) is 8.53. The molecule has 0 aromatic rings. The van der Waals surface area contributed by atoms with Crippen LogP contribution in [0.15, 0.2) is 36.0 Å². The van der Waals surface area contributed by atoms with Crippen molar-refractivity contribution in [3.63, 3.8) is 0 Å². The van der Waals surface area contributed by atoms with Gasteiger partial charge in [-0.05, 0) is 24.8 Å². The minimum Gasteiger partial charge on any atom is -0.166 e.